The van der Waals surface area contributed by atoms with Gasteiger partial charge in [-0.15, -0.1) is 0 Å². The van der Waals surface area contributed by atoms with Crippen LogP contribution >= 0.6 is 0 Å². The summed E-state index contributed by atoms with van der Waals surface area (Å²) in [6.45, 7) is 4.54. The number of nitro benzene ring substituents is 1. The number of ether oxygens (including phenoxy) is 2. The van der Waals surface area contributed by atoms with Gasteiger partial charge in [0.05, 0.1) is 24.3 Å². The maximum Gasteiger partial charge on any atom is 0.271 e. The largest absolute Gasteiger partial charge is 0.493 e. The molecule has 0 spiro atoms. The van der Waals surface area contributed by atoms with E-state index in [0.29, 0.717) is 23.8 Å². The highest BCUT2D eigenvalue weighted by Crippen LogP contribution is 2.29. The number of carbonyl (C=O) groups excluding carboxylic acids is 1. The molecule has 0 atom stereocenters. The van der Waals surface area contributed by atoms with Crippen LogP contribution in [0.25, 0.3) is 6.08 Å². The Balaban J connectivity index is 2.04. The Morgan fingerprint density at radius 3 is 2.66 bits per heavy atom. The number of non-ortho nitro benzene ring substituents is 1. The zero-order valence-corrected chi connectivity index (χ0v) is 16.9. The summed E-state index contributed by atoms with van der Waals surface area (Å²) in [4.78, 5) is 22.6. The molecule has 7 heteroatoms. The third kappa shape index (κ3) is 6.64. The molecule has 0 radical (unpaired) electrons. The van der Waals surface area contributed by atoms with Crippen LogP contribution in [0.15, 0.2) is 42.5 Å². The van der Waals surface area contributed by atoms with Crippen molar-refractivity contribution >= 4 is 23.4 Å². The Labute approximate surface area is 170 Å². The molecule has 29 heavy (non-hydrogen) atoms. The van der Waals surface area contributed by atoms with Crippen molar-refractivity contribution in [2.24, 2.45) is 0 Å². The predicted octanol–water partition coefficient (Wildman–Crippen LogP) is 5.13. The molecule has 0 saturated heterocycles. The number of anilines is 1. The maximum atomic E-state index is 12.2. The number of nitrogens with zero attached hydrogens (tertiary/aromatic N) is 1. The van der Waals surface area contributed by atoms with Gasteiger partial charge in [0, 0.05) is 18.2 Å². The molecule has 0 aliphatic heterocycles. The second-order valence-corrected chi connectivity index (χ2v) is 6.54. The van der Waals surface area contributed by atoms with E-state index in [4.69, 9.17) is 9.47 Å². The number of benzene rings is 2. The van der Waals surface area contributed by atoms with Crippen molar-refractivity contribution in [1.29, 1.82) is 0 Å². The smallest absolute Gasteiger partial charge is 0.271 e. The van der Waals surface area contributed by atoms with E-state index in [1.807, 2.05) is 12.1 Å². The molecule has 0 aromatic heterocycles. The molecule has 2 aromatic rings. The Bertz CT molecular complexity index is 893. The van der Waals surface area contributed by atoms with E-state index < -0.39 is 4.92 Å². The number of aryl methyl sites for hydroxylation is 1. The number of amides is 1. The van der Waals surface area contributed by atoms with Crippen LogP contribution in [0.1, 0.15) is 37.3 Å². The van der Waals surface area contributed by atoms with E-state index >= 15 is 0 Å². The van der Waals surface area contributed by atoms with E-state index in [1.54, 1.807) is 32.2 Å². The van der Waals surface area contributed by atoms with E-state index in [-0.39, 0.29) is 11.6 Å². The Morgan fingerprint density at radius 2 is 1.97 bits per heavy atom. The van der Waals surface area contributed by atoms with Crippen LogP contribution in [0.2, 0.25) is 0 Å². The second-order valence-electron chi connectivity index (χ2n) is 6.54. The summed E-state index contributed by atoms with van der Waals surface area (Å²) in [5.41, 5.74) is 1.84. The van der Waals surface area contributed by atoms with Crippen LogP contribution < -0.4 is 14.8 Å². The lowest BCUT2D eigenvalue weighted by Gasteiger charge is -2.11. The number of nitro groups is 1. The Kier molecular flexibility index (Phi) is 8.21. The number of methoxy groups -OCH3 is 1. The van der Waals surface area contributed by atoms with E-state index in [9.17, 15) is 14.9 Å². The van der Waals surface area contributed by atoms with E-state index in [2.05, 4.69) is 12.2 Å². The lowest BCUT2D eigenvalue weighted by molar-refractivity contribution is -0.384. The van der Waals surface area contributed by atoms with Crippen molar-refractivity contribution in [3.63, 3.8) is 0 Å². The summed E-state index contributed by atoms with van der Waals surface area (Å²) < 4.78 is 11.1. The van der Waals surface area contributed by atoms with Gasteiger partial charge in [-0.25, -0.2) is 0 Å². The Morgan fingerprint density at radius 1 is 1.17 bits per heavy atom. The minimum absolute atomic E-state index is 0.0749. The lowest BCUT2D eigenvalue weighted by Crippen LogP contribution is -2.09. The summed E-state index contributed by atoms with van der Waals surface area (Å²) in [6, 6.07) is 9.78. The summed E-state index contributed by atoms with van der Waals surface area (Å²) >= 11 is 0. The highest BCUT2D eigenvalue weighted by molar-refractivity contribution is 6.02. The molecule has 0 aliphatic carbocycles. The monoisotopic (exact) mass is 398 g/mol. The first-order chi connectivity index (χ1) is 13.9. The van der Waals surface area contributed by atoms with Gasteiger partial charge in [0.1, 0.15) is 0 Å². The lowest BCUT2D eigenvalue weighted by atomic mass is 10.1. The fourth-order valence-corrected chi connectivity index (χ4v) is 2.65. The van der Waals surface area contributed by atoms with Gasteiger partial charge in [0.25, 0.3) is 5.69 Å². The van der Waals surface area contributed by atoms with Gasteiger partial charge in [0.2, 0.25) is 5.91 Å². The molecule has 0 fully saturated rings. The molecule has 0 unspecified atom stereocenters. The number of hydrogen-bond donors (Lipinski definition) is 1. The quantitative estimate of drug-likeness (QED) is 0.259. The molecular weight excluding hydrogens is 372 g/mol. The highest BCUT2D eigenvalue weighted by Gasteiger charge is 2.10. The highest BCUT2D eigenvalue weighted by atomic mass is 16.6. The number of carbonyl (C=O) groups is 1. The molecule has 7 nitrogen and oxygen atoms in total. The summed E-state index contributed by atoms with van der Waals surface area (Å²) in [6.07, 6.45) is 6.24. The summed E-state index contributed by atoms with van der Waals surface area (Å²) in [5, 5.41) is 13.6. The molecule has 154 valence electrons. The molecule has 1 N–H and O–H groups in total. The Hall–Kier alpha value is -3.35. The van der Waals surface area contributed by atoms with Crippen molar-refractivity contribution in [3.05, 3.63) is 63.7 Å². The fourth-order valence-electron chi connectivity index (χ4n) is 2.65. The molecule has 0 aliphatic rings. The first-order valence-electron chi connectivity index (χ1n) is 9.49. The van der Waals surface area contributed by atoms with Crippen LogP contribution in [0.3, 0.4) is 0 Å². The zero-order chi connectivity index (χ0) is 21.2. The minimum Gasteiger partial charge on any atom is -0.493 e. The normalized spacial score (nSPS) is 10.7. The van der Waals surface area contributed by atoms with Gasteiger partial charge < -0.3 is 14.8 Å². The molecule has 1 amide bonds. The second kappa shape index (κ2) is 10.8. The first kappa shape index (κ1) is 21.9. The van der Waals surface area contributed by atoms with Gasteiger partial charge in [-0.1, -0.05) is 31.9 Å². The molecule has 0 saturated carbocycles. The molecule has 2 aromatic carbocycles. The molecular formula is C22H26N2O5. The van der Waals surface area contributed by atoms with Gasteiger partial charge in [0.15, 0.2) is 11.5 Å². The number of rotatable bonds is 10. The number of nitrogens with one attached hydrogen (secondary N) is 1. The van der Waals surface area contributed by atoms with Gasteiger partial charge in [-0.2, -0.15) is 0 Å². The fraction of sp³-hybridized carbons (Fsp3) is 0.318. The van der Waals surface area contributed by atoms with Crippen LogP contribution in [0.5, 0.6) is 11.5 Å². The van der Waals surface area contributed by atoms with Crippen LogP contribution in [-0.4, -0.2) is 24.5 Å². The van der Waals surface area contributed by atoms with Crippen LogP contribution in [0, 0.1) is 17.0 Å². The van der Waals surface area contributed by atoms with Gasteiger partial charge >= 0.3 is 0 Å². The van der Waals surface area contributed by atoms with Crippen molar-refractivity contribution < 1.29 is 19.2 Å². The van der Waals surface area contributed by atoms with Crippen molar-refractivity contribution in [1.82, 2.24) is 0 Å². The van der Waals surface area contributed by atoms with E-state index in [1.165, 1.54) is 18.2 Å². The topological polar surface area (TPSA) is 90.7 Å². The summed E-state index contributed by atoms with van der Waals surface area (Å²) in [7, 11) is 1.57. The summed E-state index contributed by atoms with van der Waals surface area (Å²) in [5.74, 6) is 0.878. The van der Waals surface area contributed by atoms with Crippen LogP contribution in [-0.2, 0) is 4.79 Å². The van der Waals surface area contributed by atoms with Crippen LogP contribution in [0.4, 0.5) is 11.4 Å². The van der Waals surface area contributed by atoms with Gasteiger partial charge in [-0.05, 0) is 42.7 Å². The maximum absolute atomic E-state index is 12.2. The third-order valence-electron chi connectivity index (χ3n) is 4.31. The van der Waals surface area contributed by atoms with Crippen molar-refractivity contribution in [3.8, 4) is 11.5 Å². The SMILES string of the molecule is CCCCCOc1ccc(C=CC(=O)Nc2cc([N+](=O)[O-])ccc2C)cc1OC. The number of hydrogen-bond acceptors (Lipinski definition) is 5. The van der Waals surface area contributed by atoms with Gasteiger partial charge in [-0.3, -0.25) is 14.9 Å². The van der Waals surface area contributed by atoms with Crippen molar-refractivity contribution in [2.45, 2.75) is 33.1 Å². The predicted molar refractivity (Wildman–Crippen MR) is 114 cm³/mol. The number of unbranched alkanes of at least 4 members (excludes halogenated alkanes) is 2. The molecule has 2 rings (SSSR count). The zero-order valence-electron chi connectivity index (χ0n) is 16.9. The average molecular weight is 398 g/mol. The minimum atomic E-state index is -0.497. The third-order valence-corrected chi connectivity index (χ3v) is 4.31. The van der Waals surface area contributed by atoms with E-state index in [0.717, 1.165) is 30.4 Å². The first-order valence-corrected chi connectivity index (χ1v) is 9.49. The standard InChI is InChI=1S/C22H26N2O5/c1-4-5-6-13-29-20-11-8-17(14-21(20)28-3)9-12-22(25)23-19-15-18(24(26)27)10-7-16(19)2/h7-12,14-15H,4-6,13H2,1-3H3,(H,23,25). The molecule has 0 heterocycles. The average Bonchev–Trinajstić information content (AvgIpc) is 2.71. The molecule has 0 bridgehead atoms. The van der Waals surface area contributed by atoms with Crippen molar-refractivity contribution in [2.75, 3.05) is 19.0 Å².